The molecule has 1 atom stereocenters. The van der Waals surface area contributed by atoms with Crippen LogP contribution in [0.5, 0.6) is 0 Å². The van der Waals surface area contributed by atoms with E-state index in [0.29, 0.717) is 35.3 Å². The van der Waals surface area contributed by atoms with Gasteiger partial charge in [0.1, 0.15) is 11.5 Å². The molecule has 1 unspecified atom stereocenters. The number of aromatic nitrogens is 3. The summed E-state index contributed by atoms with van der Waals surface area (Å²) in [5, 5.41) is 4.03. The van der Waals surface area contributed by atoms with Gasteiger partial charge in [0.05, 0.1) is 0 Å². The highest BCUT2D eigenvalue weighted by Crippen LogP contribution is 2.23. The number of pyridine rings is 1. The van der Waals surface area contributed by atoms with Crippen molar-refractivity contribution in [3.05, 3.63) is 66.0 Å². The van der Waals surface area contributed by atoms with Crippen molar-refractivity contribution in [3.8, 4) is 11.5 Å². The maximum atomic E-state index is 13.0. The minimum atomic E-state index is -0.300. The predicted molar refractivity (Wildman–Crippen MR) is 101 cm³/mol. The quantitative estimate of drug-likeness (QED) is 0.674. The van der Waals surface area contributed by atoms with Gasteiger partial charge in [-0.3, -0.25) is 9.78 Å². The van der Waals surface area contributed by atoms with Crippen molar-refractivity contribution in [2.45, 2.75) is 25.7 Å². The lowest BCUT2D eigenvalue weighted by atomic mass is 9.93. The third kappa shape index (κ3) is 4.24. The molecule has 0 aliphatic carbocycles. The van der Waals surface area contributed by atoms with E-state index in [1.165, 1.54) is 12.1 Å². The highest BCUT2D eigenvalue weighted by atomic mass is 19.1. The van der Waals surface area contributed by atoms with Crippen LogP contribution in [0.4, 0.5) is 4.39 Å². The second-order valence-corrected chi connectivity index (χ2v) is 7.04. The molecule has 3 aromatic rings. The van der Waals surface area contributed by atoms with E-state index in [9.17, 15) is 9.18 Å². The number of piperidine rings is 1. The molecule has 1 amide bonds. The third-order valence-electron chi connectivity index (χ3n) is 5.03. The zero-order valence-corrected chi connectivity index (χ0v) is 15.4. The Morgan fingerprint density at radius 1 is 1.21 bits per heavy atom. The second-order valence-electron chi connectivity index (χ2n) is 7.04. The number of likely N-dealkylation sites (tertiary alicyclic amines) is 1. The average molecular weight is 380 g/mol. The van der Waals surface area contributed by atoms with Gasteiger partial charge in [-0.05, 0) is 61.6 Å². The summed E-state index contributed by atoms with van der Waals surface area (Å²) >= 11 is 0. The first-order valence-corrected chi connectivity index (χ1v) is 9.48. The van der Waals surface area contributed by atoms with Gasteiger partial charge < -0.3 is 9.42 Å². The maximum absolute atomic E-state index is 13.0. The van der Waals surface area contributed by atoms with Crippen molar-refractivity contribution < 1.29 is 13.7 Å². The molecule has 6 nitrogen and oxygen atoms in total. The maximum Gasteiger partial charge on any atom is 0.272 e. The summed E-state index contributed by atoms with van der Waals surface area (Å²) in [4.78, 5) is 23.1. The van der Waals surface area contributed by atoms with Gasteiger partial charge in [-0.1, -0.05) is 11.2 Å². The van der Waals surface area contributed by atoms with Crippen molar-refractivity contribution in [2.24, 2.45) is 5.92 Å². The first kappa shape index (κ1) is 18.3. The summed E-state index contributed by atoms with van der Waals surface area (Å²) < 4.78 is 18.3. The van der Waals surface area contributed by atoms with Crippen LogP contribution in [0.2, 0.25) is 0 Å². The van der Waals surface area contributed by atoms with Crippen LogP contribution in [0.25, 0.3) is 11.5 Å². The fourth-order valence-electron chi connectivity index (χ4n) is 3.53. The number of hydrogen-bond acceptors (Lipinski definition) is 5. The van der Waals surface area contributed by atoms with Crippen molar-refractivity contribution >= 4 is 5.91 Å². The summed E-state index contributed by atoms with van der Waals surface area (Å²) in [5.41, 5.74) is 1.19. The fourth-order valence-corrected chi connectivity index (χ4v) is 3.53. The van der Waals surface area contributed by atoms with Gasteiger partial charge in [-0.15, -0.1) is 0 Å². The van der Waals surface area contributed by atoms with Gasteiger partial charge in [-0.2, -0.15) is 4.98 Å². The number of amides is 1. The lowest BCUT2D eigenvalue weighted by Crippen LogP contribution is -2.40. The van der Waals surface area contributed by atoms with Crippen LogP contribution < -0.4 is 0 Å². The number of carbonyl (C=O) groups is 1. The zero-order valence-electron chi connectivity index (χ0n) is 15.4. The Morgan fingerprint density at radius 2 is 2.07 bits per heavy atom. The average Bonchev–Trinajstić information content (AvgIpc) is 3.22. The monoisotopic (exact) mass is 380 g/mol. The number of halogens is 1. The van der Waals surface area contributed by atoms with Crippen LogP contribution in [0.15, 0.2) is 53.2 Å². The lowest BCUT2D eigenvalue weighted by Gasteiger charge is -2.32. The van der Waals surface area contributed by atoms with Gasteiger partial charge in [0.25, 0.3) is 11.8 Å². The number of hydrogen-bond donors (Lipinski definition) is 0. The summed E-state index contributed by atoms with van der Waals surface area (Å²) in [5.74, 6) is 1.11. The molecule has 3 heterocycles. The van der Waals surface area contributed by atoms with Gasteiger partial charge in [0.15, 0.2) is 5.82 Å². The highest BCUT2D eigenvalue weighted by Gasteiger charge is 2.25. The van der Waals surface area contributed by atoms with Crippen LogP contribution in [0.3, 0.4) is 0 Å². The Labute approximate surface area is 162 Å². The fraction of sp³-hybridized carbons (Fsp3) is 0.333. The van der Waals surface area contributed by atoms with Gasteiger partial charge in [-0.25, -0.2) is 4.39 Å². The molecule has 4 rings (SSSR count). The zero-order chi connectivity index (χ0) is 19.3. The molecule has 0 N–H and O–H groups in total. The molecule has 2 aromatic heterocycles. The Hall–Kier alpha value is -3.09. The highest BCUT2D eigenvalue weighted by molar-refractivity contribution is 5.92. The van der Waals surface area contributed by atoms with Crippen LogP contribution in [-0.2, 0) is 6.42 Å². The summed E-state index contributed by atoms with van der Waals surface area (Å²) in [6.07, 6.45) is 5.27. The number of nitrogens with zero attached hydrogens (tertiary/aromatic N) is 4. The van der Waals surface area contributed by atoms with E-state index in [1.807, 2.05) is 11.0 Å². The Kier molecular flexibility index (Phi) is 5.41. The molecule has 1 aliphatic heterocycles. The molecule has 0 radical (unpaired) electrons. The molecule has 7 heteroatoms. The van der Waals surface area contributed by atoms with Gasteiger partial charge in [0.2, 0.25) is 0 Å². The van der Waals surface area contributed by atoms with Crippen molar-refractivity contribution in [2.75, 3.05) is 13.1 Å². The molecule has 1 saturated heterocycles. The van der Waals surface area contributed by atoms with E-state index in [2.05, 4.69) is 15.1 Å². The van der Waals surface area contributed by atoms with Crippen LogP contribution in [0, 0.1) is 11.7 Å². The largest absolute Gasteiger partial charge is 0.337 e. The third-order valence-corrected chi connectivity index (χ3v) is 5.03. The molecule has 0 bridgehead atoms. The first-order chi connectivity index (χ1) is 13.7. The van der Waals surface area contributed by atoms with Crippen molar-refractivity contribution in [1.82, 2.24) is 20.0 Å². The molecule has 1 fully saturated rings. The minimum Gasteiger partial charge on any atom is -0.337 e. The smallest absolute Gasteiger partial charge is 0.272 e. The molecular formula is C21H21FN4O2. The molecular weight excluding hydrogens is 359 g/mol. The lowest BCUT2D eigenvalue weighted by molar-refractivity contribution is 0.0662. The standard InChI is InChI=1S/C21H21FN4O2/c22-17-9-7-16(8-10-17)20-24-19(25-28-20)11-6-15-4-3-13-26(14-15)21(27)18-5-1-2-12-23-18/h1-2,5,7-10,12,15H,3-4,6,11,13-14H2. The minimum absolute atomic E-state index is 0.0107. The first-order valence-electron chi connectivity index (χ1n) is 9.48. The van der Waals surface area contributed by atoms with Gasteiger partial charge in [0, 0.05) is 31.3 Å². The van der Waals surface area contributed by atoms with E-state index >= 15 is 0 Å². The second kappa shape index (κ2) is 8.29. The number of aryl methyl sites for hydroxylation is 1. The van der Waals surface area contributed by atoms with E-state index in [4.69, 9.17) is 4.52 Å². The predicted octanol–water partition coefficient (Wildman–Crippen LogP) is 3.76. The Bertz CT molecular complexity index is 927. The van der Waals surface area contributed by atoms with Crippen LogP contribution in [0.1, 0.15) is 35.6 Å². The molecule has 0 saturated carbocycles. The van der Waals surface area contributed by atoms with Gasteiger partial charge >= 0.3 is 0 Å². The molecule has 144 valence electrons. The number of carbonyl (C=O) groups excluding carboxylic acids is 1. The van der Waals surface area contributed by atoms with E-state index in [0.717, 1.165) is 32.4 Å². The molecule has 0 spiro atoms. The van der Waals surface area contributed by atoms with Crippen molar-refractivity contribution in [1.29, 1.82) is 0 Å². The van der Waals surface area contributed by atoms with Crippen molar-refractivity contribution in [3.63, 3.8) is 0 Å². The number of rotatable bonds is 5. The van der Waals surface area contributed by atoms with E-state index in [-0.39, 0.29) is 11.7 Å². The summed E-state index contributed by atoms with van der Waals surface area (Å²) in [7, 11) is 0. The Morgan fingerprint density at radius 3 is 2.86 bits per heavy atom. The number of benzene rings is 1. The molecule has 1 aromatic carbocycles. The normalized spacial score (nSPS) is 16.9. The van der Waals surface area contributed by atoms with Crippen LogP contribution >= 0.6 is 0 Å². The van der Waals surface area contributed by atoms with E-state index < -0.39 is 0 Å². The molecule has 1 aliphatic rings. The SMILES string of the molecule is O=C(c1ccccn1)N1CCCC(CCc2noc(-c3ccc(F)cc3)n2)C1. The summed E-state index contributed by atoms with van der Waals surface area (Å²) in [6.45, 7) is 1.49. The van der Waals surface area contributed by atoms with E-state index in [1.54, 1.807) is 30.5 Å². The topological polar surface area (TPSA) is 72.1 Å². The summed E-state index contributed by atoms with van der Waals surface area (Å²) in [6, 6.07) is 11.4. The molecule has 28 heavy (non-hydrogen) atoms. The van der Waals surface area contributed by atoms with Crippen LogP contribution in [-0.4, -0.2) is 39.0 Å². The Balaban J connectivity index is 1.34.